The summed E-state index contributed by atoms with van der Waals surface area (Å²) in [5.41, 5.74) is 3.02. The molecular formula is C20H25N5O2. The van der Waals surface area contributed by atoms with Crippen LogP contribution in [0.25, 0.3) is 11.5 Å². The minimum atomic E-state index is -0.0188. The molecule has 2 aromatic heterocycles. The first-order valence-corrected chi connectivity index (χ1v) is 9.17. The molecule has 7 heteroatoms. The van der Waals surface area contributed by atoms with Gasteiger partial charge in [-0.15, -0.1) is 10.2 Å². The molecule has 3 aromatic rings. The third-order valence-electron chi connectivity index (χ3n) is 4.29. The molecule has 0 saturated carbocycles. The van der Waals surface area contributed by atoms with E-state index in [4.69, 9.17) is 4.42 Å². The SMILES string of the molecule is Cc1cc(C)n(C[C@@H](C)CNC(=O)CCc2nnc(-c3ccccc3)o2)n1. The van der Waals surface area contributed by atoms with Gasteiger partial charge in [0.05, 0.1) is 5.69 Å². The van der Waals surface area contributed by atoms with Gasteiger partial charge in [-0.25, -0.2) is 0 Å². The van der Waals surface area contributed by atoms with E-state index in [0.29, 0.717) is 37.1 Å². The van der Waals surface area contributed by atoms with Gasteiger partial charge in [-0.3, -0.25) is 9.48 Å². The number of aryl methyl sites for hydroxylation is 3. The Bertz CT molecular complexity index is 885. The summed E-state index contributed by atoms with van der Waals surface area (Å²) >= 11 is 0. The second-order valence-corrected chi connectivity index (χ2v) is 6.89. The van der Waals surface area contributed by atoms with Crippen molar-refractivity contribution in [1.82, 2.24) is 25.3 Å². The highest BCUT2D eigenvalue weighted by Gasteiger charge is 2.12. The van der Waals surface area contributed by atoms with Gasteiger partial charge in [0, 0.05) is 37.2 Å². The Morgan fingerprint density at radius 1 is 1.22 bits per heavy atom. The Kier molecular flexibility index (Phi) is 6.01. The van der Waals surface area contributed by atoms with Crippen molar-refractivity contribution in [3.8, 4) is 11.5 Å². The molecule has 0 fully saturated rings. The minimum absolute atomic E-state index is 0.0188. The molecule has 27 heavy (non-hydrogen) atoms. The summed E-state index contributed by atoms with van der Waals surface area (Å²) in [6.45, 7) is 7.51. The average molecular weight is 367 g/mol. The molecule has 0 radical (unpaired) electrons. The van der Waals surface area contributed by atoms with Crippen molar-refractivity contribution >= 4 is 5.91 Å². The standard InChI is InChI=1S/C20H25N5O2/c1-14(13-25-16(3)11-15(2)24-25)12-21-18(26)9-10-19-22-23-20(27-19)17-7-5-4-6-8-17/h4-8,11,14H,9-10,12-13H2,1-3H3,(H,21,26)/t14-/m0/s1. The topological polar surface area (TPSA) is 85.8 Å². The van der Waals surface area contributed by atoms with Crippen LogP contribution in [0.1, 0.15) is 30.6 Å². The first-order valence-electron chi connectivity index (χ1n) is 9.17. The maximum Gasteiger partial charge on any atom is 0.247 e. The zero-order chi connectivity index (χ0) is 19.2. The summed E-state index contributed by atoms with van der Waals surface area (Å²) in [5, 5.41) is 15.5. The number of carbonyl (C=O) groups is 1. The van der Waals surface area contributed by atoms with E-state index in [1.165, 1.54) is 0 Å². The molecule has 142 valence electrons. The van der Waals surface area contributed by atoms with Gasteiger partial charge in [0.1, 0.15) is 0 Å². The summed E-state index contributed by atoms with van der Waals surface area (Å²) in [7, 11) is 0. The predicted octanol–water partition coefficient (Wildman–Crippen LogP) is 2.94. The zero-order valence-corrected chi connectivity index (χ0v) is 16.0. The fourth-order valence-corrected chi connectivity index (χ4v) is 2.87. The van der Waals surface area contributed by atoms with Crippen LogP contribution >= 0.6 is 0 Å². The largest absolute Gasteiger partial charge is 0.421 e. The van der Waals surface area contributed by atoms with E-state index < -0.39 is 0 Å². The number of carbonyl (C=O) groups excluding carboxylic acids is 1. The Morgan fingerprint density at radius 3 is 2.70 bits per heavy atom. The van der Waals surface area contributed by atoms with E-state index in [1.54, 1.807) is 0 Å². The summed E-state index contributed by atoms with van der Waals surface area (Å²) < 4.78 is 7.61. The van der Waals surface area contributed by atoms with E-state index >= 15 is 0 Å². The van der Waals surface area contributed by atoms with E-state index in [9.17, 15) is 4.79 Å². The molecule has 0 aliphatic carbocycles. The van der Waals surface area contributed by atoms with Crippen LogP contribution in [-0.4, -0.2) is 32.4 Å². The second-order valence-electron chi connectivity index (χ2n) is 6.89. The average Bonchev–Trinajstić information content (AvgIpc) is 3.25. The molecule has 1 amide bonds. The van der Waals surface area contributed by atoms with Crippen molar-refractivity contribution in [2.24, 2.45) is 5.92 Å². The van der Waals surface area contributed by atoms with E-state index in [2.05, 4.69) is 33.6 Å². The van der Waals surface area contributed by atoms with Crippen LogP contribution in [0.2, 0.25) is 0 Å². The first kappa shape index (κ1) is 18.8. The molecule has 1 aromatic carbocycles. The molecule has 0 bridgehead atoms. The summed E-state index contributed by atoms with van der Waals surface area (Å²) in [5.74, 6) is 1.22. The number of hydrogen-bond acceptors (Lipinski definition) is 5. The van der Waals surface area contributed by atoms with Crippen LogP contribution in [0, 0.1) is 19.8 Å². The van der Waals surface area contributed by atoms with Crippen LogP contribution in [-0.2, 0) is 17.8 Å². The van der Waals surface area contributed by atoms with Crippen molar-refractivity contribution in [2.75, 3.05) is 6.54 Å². The molecule has 3 rings (SSSR count). The molecule has 0 unspecified atom stereocenters. The van der Waals surface area contributed by atoms with Crippen LogP contribution < -0.4 is 5.32 Å². The lowest BCUT2D eigenvalue weighted by Crippen LogP contribution is -2.30. The Morgan fingerprint density at radius 2 is 2.00 bits per heavy atom. The molecule has 0 aliphatic heterocycles. The Labute approximate surface area is 158 Å². The number of nitrogens with one attached hydrogen (secondary N) is 1. The lowest BCUT2D eigenvalue weighted by molar-refractivity contribution is -0.121. The fraction of sp³-hybridized carbons (Fsp3) is 0.400. The van der Waals surface area contributed by atoms with Gasteiger partial charge in [-0.05, 0) is 38.0 Å². The summed E-state index contributed by atoms with van der Waals surface area (Å²) in [6.07, 6.45) is 0.751. The first-order chi connectivity index (χ1) is 13.0. The number of aromatic nitrogens is 4. The van der Waals surface area contributed by atoms with Crippen molar-refractivity contribution in [2.45, 2.75) is 40.2 Å². The minimum Gasteiger partial charge on any atom is -0.421 e. The van der Waals surface area contributed by atoms with Gasteiger partial charge < -0.3 is 9.73 Å². The van der Waals surface area contributed by atoms with Crippen molar-refractivity contribution in [1.29, 1.82) is 0 Å². The third-order valence-corrected chi connectivity index (χ3v) is 4.29. The van der Waals surface area contributed by atoms with Crippen LogP contribution in [0.15, 0.2) is 40.8 Å². The van der Waals surface area contributed by atoms with Gasteiger partial charge in [-0.2, -0.15) is 5.10 Å². The summed E-state index contributed by atoms with van der Waals surface area (Å²) in [6, 6.07) is 11.6. The van der Waals surface area contributed by atoms with Crippen molar-refractivity contribution < 1.29 is 9.21 Å². The molecule has 0 aliphatic rings. The number of benzene rings is 1. The number of rotatable bonds is 8. The second kappa shape index (κ2) is 8.62. The summed E-state index contributed by atoms with van der Waals surface area (Å²) in [4.78, 5) is 12.1. The molecule has 1 atom stereocenters. The van der Waals surface area contributed by atoms with Crippen molar-refractivity contribution in [3.05, 3.63) is 53.7 Å². The maximum absolute atomic E-state index is 12.1. The normalized spacial score (nSPS) is 12.1. The van der Waals surface area contributed by atoms with Gasteiger partial charge >= 0.3 is 0 Å². The quantitative estimate of drug-likeness (QED) is 0.661. The number of nitrogens with zero attached hydrogens (tertiary/aromatic N) is 4. The number of amides is 1. The molecule has 0 spiro atoms. The molecular weight excluding hydrogens is 342 g/mol. The smallest absolute Gasteiger partial charge is 0.247 e. The molecule has 7 nitrogen and oxygen atoms in total. The van der Waals surface area contributed by atoms with Gasteiger partial charge in [-0.1, -0.05) is 25.1 Å². The van der Waals surface area contributed by atoms with Gasteiger partial charge in [0.15, 0.2) is 0 Å². The van der Waals surface area contributed by atoms with Crippen molar-refractivity contribution in [3.63, 3.8) is 0 Å². The van der Waals surface area contributed by atoms with E-state index in [1.807, 2.05) is 48.9 Å². The van der Waals surface area contributed by atoms with Crippen LogP contribution in [0.3, 0.4) is 0 Å². The van der Waals surface area contributed by atoms with Gasteiger partial charge in [0.25, 0.3) is 0 Å². The van der Waals surface area contributed by atoms with E-state index in [-0.39, 0.29) is 5.91 Å². The van der Waals surface area contributed by atoms with E-state index in [0.717, 1.165) is 23.5 Å². The fourth-order valence-electron chi connectivity index (χ4n) is 2.87. The monoisotopic (exact) mass is 367 g/mol. The van der Waals surface area contributed by atoms with Crippen LogP contribution in [0.4, 0.5) is 0 Å². The number of hydrogen-bond donors (Lipinski definition) is 1. The lowest BCUT2D eigenvalue weighted by Gasteiger charge is -2.13. The molecule has 0 saturated heterocycles. The van der Waals surface area contributed by atoms with Gasteiger partial charge in [0.2, 0.25) is 17.7 Å². The zero-order valence-electron chi connectivity index (χ0n) is 16.0. The van der Waals surface area contributed by atoms with Crippen LogP contribution in [0.5, 0.6) is 0 Å². The maximum atomic E-state index is 12.1. The third kappa shape index (κ3) is 5.26. The highest BCUT2D eigenvalue weighted by Crippen LogP contribution is 2.17. The highest BCUT2D eigenvalue weighted by atomic mass is 16.4. The Hall–Kier alpha value is -2.96. The highest BCUT2D eigenvalue weighted by molar-refractivity contribution is 5.76. The Balaban J connectivity index is 1.42. The predicted molar refractivity (Wildman–Crippen MR) is 102 cm³/mol. The molecule has 2 heterocycles. The molecule has 1 N–H and O–H groups in total. The lowest BCUT2D eigenvalue weighted by atomic mass is 10.1.